The Morgan fingerprint density at radius 3 is 2.92 bits per heavy atom. The normalized spacial score (nSPS) is 14.7. The van der Waals surface area contributed by atoms with Gasteiger partial charge in [-0.1, -0.05) is 5.21 Å². The van der Waals surface area contributed by atoms with E-state index in [4.69, 9.17) is 9.15 Å². The number of nitrogens with one attached hydrogen (secondary N) is 2. The van der Waals surface area contributed by atoms with Gasteiger partial charge >= 0.3 is 0 Å². The minimum absolute atomic E-state index is 0.222. The number of fused-ring (bicyclic) bond motifs is 1. The Balaban J connectivity index is 1.67. The van der Waals surface area contributed by atoms with Crippen LogP contribution < -0.4 is 5.32 Å². The third-order valence-electron chi connectivity index (χ3n) is 4.19. The number of aliphatic hydroxyl groups is 1. The highest BCUT2D eigenvalue weighted by atomic mass is 16.5. The van der Waals surface area contributed by atoms with Gasteiger partial charge in [-0.2, -0.15) is 0 Å². The van der Waals surface area contributed by atoms with Crippen molar-refractivity contribution in [2.75, 3.05) is 11.9 Å². The number of benzene rings is 1. The van der Waals surface area contributed by atoms with Crippen molar-refractivity contribution < 1.29 is 19.1 Å². The number of carbonyl (C=O) groups is 1. The second kappa shape index (κ2) is 6.07. The van der Waals surface area contributed by atoms with Crippen molar-refractivity contribution in [2.45, 2.75) is 13.8 Å². The highest BCUT2D eigenvalue weighted by Crippen LogP contribution is 2.33. The van der Waals surface area contributed by atoms with Crippen LogP contribution in [0.15, 0.2) is 51.8 Å². The summed E-state index contributed by atoms with van der Waals surface area (Å²) in [6.45, 7) is 3.90. The van der Waals surface area contributed by atoms with E-state index in [1.165, 1.54) is 6.20 Å². The van der Waals surface area contributed by atoms with Gasteiger partial charge < -0.3 is 19.6 Å². The van der Waals surface area contributed by atoms with Gasteiger partial charge in [-0.05, 0) is 38.1 Å². The second-order valence-electron chi connectivity index (χ2n) is 6.05. The van der Waals surface area contributed by atoms with Crippen LogP contribution in [0.5, 0.6) is 0 Å². The molecule has 3 N–H and O–H groups in total. The van der Waals surface area contributed by atoms with Crippen molar-refractivity contribution in [3.05, 3.63) is 58.7 Å². The lowest BCUT2D eigenvalue weighted by molar-refractivity contribution is 0.102. The van der Waals surface area contributed by atoms with E-state index in [9.17, 15) is 9.90 Å². The standard InChI is InChI=1S/C18H16N4O4/c1-9-8-25-17(10(2)16(9)23)14-6-12-5-11(3-4-13(12)26-14)18(24)20-15-7-19-22-21-15/h3-7,23H,8H2,1-2H3,(H2,19,20,21,22,24). The van der Waals surface area contributed by atoms with Crippen LogP contribution in [0.3, 0.4) is 0 Å². The maximum absolute atomic E-state index is 12.3. The summed E-state index contributed by atoms with van der Waals surface area (Å²) in [5.41, 5.74) is 2.47. The average Bonchev–Trinajstić information content (AvgIpc) is 3.28. The molecule has 8 heteroatoms. The number of ether oxygens (including phenoxy) is 1. The molecule has 0 saturated carbocycles. The molecule has 2 aromatic heterocycles. The van der Waals surface area contributed by atoms with Crippen LogP contribution in [0.2, 0.25) is 0 Å². The predicted octanol–water partition coefficient (Wildman–Crippen LogP) is 3.40. The maximum atomic E-state index is 12.3. The fourth-order valence-electron chi connectivity index (χ4n) is 2.79. The van der Waals surface area contributed by atoms with Crippen molar-refractivity contribution in [1.82, 2.24) is 15.4 Å². The smallest absolute Gasteiger partial charge is 0.256 e. The molecule has 0 saturated heterocycles. The Morgan fingerprint density at radius 2 is 2.15 bits per heavy atom. The molecule has 0 atom stereocenters. The minimum Gasteiger partial charge on any atom is -0.507 e. The number of carbonyl (C=O) groups excluding carboxylic acids is 1. The molecule has 4 rings (SSSR count). The summed E-state index contributed by atoms with van der Waals surface area (Å²) in [6, 6.07) is 6.89. The first-order valence-electron chi connectivity index (χ1n) is 7.97. The molecule has 0 fully saturated rings. The van der Waals surface area contributed by atoms with Crippen LogP contribution in [0.4, 0.5) is 5.82 Å². The van der Waals surface area contributed by atoms with Gasteiger partial charge in [0, 0.05) is 22.1 Å². The van der Waals surface area contributed by atoms with Crippen molar-refractivity contribution >= 4 is 28.5 Å². The number of aromatic amines is 1. The molecule has 0 bridgehead atoms. The number of anilines is 1. The number of amides is 1. The first-order chi connectivity index (χ1) is 12.5. The largest absolute Gasteiger partial charge is 0.507 e. The summed E-state index contributed by atoms with van der Waals surface area (Å²) in [6.07, 6.45) is 1.49. The van der Waals surface area contributed by atoms with E-state index in [1.807, 2.05) is 6.92 Å². The molecule has 1 aliphatic heterocycles. The molecule has 3 aromatic rings. The van der Waals surface area contributed by atoms with Gasteiger partial charge in [0.1, 0.15) is 17.9 Å². The van der Waals surface area contributed by atoms with Crippen LogP contribution in [0, 0.1) is 0 Å². The van der Waals surface area contributed by atoms with Crippen molar-refractivity contribution in [3.8, 4) is 0 Å². The Morgan fingerprint density at radius 1 is 1.31 bits per heavy atom. The summed E-state index contributed by atoms with van der Waals surface area (Å²) in [5, 5.41) is 23.3. The molecule has 1 aromatic carbocycles. The lowest BCUT2D eigenvalue weighted by atomic mass is 10.1. The van der Waals surface area contributed by atoms with E-state index in [2.05, 4.69) is 20.7 Å². The Hall–Kier alpha value is -3.55. The molecule has 0 radical (unpaired) electrons. The molecular weight excluding hydrogens is 336 g/mol. The van der Waals surface area contributed by atoms with Crippen LogP contribution in [-0.4, -0.2) is 33.0 Å². The molecule has 0 aliphatic carbocycles. The first kappa shape index (κ1) is 15.9. The van der Waals surface area contributed by atoms with Gasteiger partial charge in [0.15, 0.2) is 17.3 Å². The van der Waals surface area contributed by atoms with Gasteiger partial charge in [-0.15, -0.1) is 5.10 Å². The molecule has 1 aliphatic rings. The van der Waals surface area contributed by atoms with Gasteiger partial charge in [0.05, 0.1) is 6.20 Å². The quantitative estimate of drug-likeness (QED) is 0.666. The third-order valence-corrected chi connectivity index (χ3v) is 4.19. The SMILES string of the molecule is CC1=C(O)C(C)=C(c2cc3cc(C(=O)Nc4c[nH]nn4)ccc3o2)OC1. The summed E-state index contributed by atoms with van der Waals surface area (Å²) >= 11 is 0. The van der Waals surface area contributed by atoms with E-state index in [1.54, 1.807) is 31.2 Å². The van der Waals surface area contributed by atoms with E-state index < -0.39 is 0 Å². The number of nitrogens with zero attached hydrogens (tertiary/aromatic N) is 2. The van der Waals surface area contributed by atoms with Gasteiger partial charge in [0.2, 0.25) is 0 Å². The Kier molecular flexibility index (Phi) is 3.72. The van der Waals surface area contributed by atoms with Gasteiger partial charge in [-0.3, -0.25) is 9.89 Å². The molecule has 132 valence electrons. The zero-order valence-electron chi connectivity index (χ0n) is 14.2. The molecule has 3 heterocycles. The molecule has 8 nitrogen and oxygen atoms in total. The highest BCUT2D eigenvalue weighted by molar-refractivity contribution is 6.05. The molecule has 0 unspecified atom stereocenters. The zero-order chi connectivity index (χ0) is 18.3. The average molecular weight is 352 g/mol. The number of aromatic nitrogens is 3. The van der Waals surface area contributed by atoms with E-state index >= 15 is 0 Å². The highest BCUT2D eigenvalue weighted by Gasteiger charge is 2.22. The summed E-state index contributed by atoms with van der Waals surface area (Å²) in [4.78, 5) is 12.3. The number of allylic oxidation sites excluding steroid dienone is 1. The monoisotopic (exact) mass is 352 g/mol. The fraction of sp³-hybridized carbons (Fsp3) is 0.167. The van der Waals surface area contributed by atoms with Crippen LogP contribution in [0.25, 0.3) is 16.7 Å². The molecule has 26 heavy (non-hydrogen) atoms. The maximum Gasteiger partial charge on any atom is 0.256 e. The van der Waals surface area contributed by atoms with E-state index in [0.29, 0.717) is 40.7 Å². The lowest BCUT2D eigenvalue weighted by Gasteiger charge is -2.18. The molecule has 1 amide bonds. The van der Waals surface area contributed by atoms with Gasteiger partial charge in [-0.25, -0.2) is 0 Å². The minimum atomic E-state index is -0.302. The third kappa shape index (κ3) is 2.71. The van der Waals surface area contributed by atoms with Crippen molar-refractivity contribution in [3.63, 3.8) is 0 Å². The van der Waals surface area contributed by atoms with E-state index in [-0.39, 0.29) is 11.7 Å². The number of H-pyrrole nitrogens is 1. The summed E-state index contributed by atoms with van der Waals surface area (Å²) < 4.78 is 11.5. The van der Waals surface area contributed by atoms with Crippen molar-refractivity contribution in [1.29, 1.82) is 0 Å². The lowest BCUT2D eigenvalue weighted by Crippen LogP contribution is -2.11. The Bertz CT molecular complexity index is 1060. The fourth-order valence-corrected chi connectivity index (χ4v) is 2.79. The summed E-state index contributed by atoms with van der Waals surface area (Å²) in [7, 11) is 0. The first-order valence-corrected chi connectivity index (χ1v) is 7.97. The van der Waals surface area contributed by atoms with Crippen LogP contribution in [0.1, 0.15) is 30.0 Å². The predicted molar refractivity (Wildman–Crippen MR) is 94.4 cm³/mol. The van der Waals surface area contributed by atoms with Gasteiger partial charge in [0.25, 0.3) is 5.91 Å². The zero-order valence-corrected chi connectivity index (χ0v) is 14.2. The molecule has 0 spiro atoms. The Labute approximate surface area is 148 Å². The summed E-state index contributed by atoms with van der Waals surface area (Å²) in [5.74, 6) is 1.27. The van der Waals surface area contributed by atoms with Crippen molar-refractivity contribution in [2.24, 2.45) is 0 Å². The number of rotatable bonds is 3. The number of furan rings is 1. The molecular formula is C18H16N4O4. The van der Waals surface area contributed by atoms with Crippen LogP contribution in [-0.2, 0) is 4.74 Å². The topological polar surface area (TPSA) is 113 Å². The number of aliphatic hydroxyl groups excluding tert-OH is 1. The second-order valence-corrected chi connectivity index (χ2v) is 6.05. The number of hydrogen-bond donors (Lipinski definition) is 3. The number of hydrogen-bond acceptors (Lipinski definition) is 6. The van der Waals surface area contributed by atoms with Crippen LogP contribution >= 0.6 is 0 Å². The van der Waals surface area contributed by atoms with E-state index in [0.717, 1.165) is 11.0 Å².